The number of halogens is 4. The highest BCUT2D eigenvalue weighted by Crippen LogP contribution is 2.34. The summed E-state index contributed by atoms with van der Waals surface area (Å²) < 4.78 is 78.6. The summed E-state index contributed by atoms with van der Waals surface area (Å²) in [6, 6.07) is 2.06. The average molecular weight is 301 g/mol. The third-order valence-corrected chi connectivity index (χ3v) is 3.80. The van der Waals surface area contributed by atoms with Crippen LogP contribution in [0.5, 0.6) is 5.75 Å². The number of rotatable bonds is 5. The first-order valence-corrected chi connectivity index (χ1v) is 6.50. The summed E-state index contributed by atoms with van der Waals surface area (Å²) in [6.07, 6.45) is 0. The summed E-state index contributed by atoms with van der Waals surface area (Å²) in [5.41, 5.74) is 4.26. The van der Waals surface area contributed by atoms with Crippen LogP contribution in [0.4, 0.5) is 17.6 Å². The highest BCUT2D eigenvalue weighted by molar-refractivity contribution is 7.91. The van der Waals surface area contributed by atoms with Crippen molar-refractivity contribution >= 4 is 9.84 Å². The molecular formula is C10H11F4NO3S. The molecule has 4 nitrogen and oxygen atoms in total. The summed E-state index contributed by atoms with van der Waals surface area (Å²) in [6.45, 7) is -1.00. The van der Waals surface area contributed by atoms with Crippen LogP contribution in [0.15, 0.2) is 23.1 Å². The molecule has 0 saturated heterocycles. The highest BCUT2D eigenvalue weighted by atomic mass is 32.2. The lowest BCUT2D eigenvalue weighted by Crippen LogP contribution is -2.25. The molecule has 2 N–H and O–H groups in total. The zero-order chi connectivity index (χ0) is 14.8. The molecule has 0 spiro atoms. The lowest BCUT2D eigenvalue weighted by Gasteiger charge is -2.16. The maximum absolute atomic E-state index is 13.3. The Bertz CT molecular complexity index is 560. The van der Waals surface area contributed by atoms with Crippen LogP contribution in [-0.4, -0.2) is 27.8 Å². The molecule has 0 amide bonds. The van der Waals surface area contributed by atoms with Gasteiger partial charge in [-0.05, 0) is 12.1 Å². The molecule has 0 heterocycles. The Morgan fingerprint density at radius 2 is 1.95 bits per heavy atom. The molecule has 0 fully saturated rings. The van der Waals surface area contributed by atoms with Crippen LogP contribution in [0.2, 0.25) is 0 Å². The zero-order valence-corrected chi connectivity index (χ0v) is 10.6. The molecule has 108 valence electrons. The van der Waals surface area contributed by atoms with Crippen molar-refractivity contribution in [1.82, 2.24) is 0 Å². The van der Waals surface area contributed by atoms with Gasteiger partial charge in [0.05, 0.1) is 13.7 Å². The van der Waals surface area contributed by atoms with Gasteiger partial charge in [-0.1, -0.05) is 6.07 Å². The van der Waals surface area contributed by atoms with E-state index < -0.39 is 44.3 Å². The van der Waals surface area contributed by atoms with Crippen LogP contribution < -0.4 is 10.5 Å². The lowest BCUT2D eigenvalue weighted by molar-refractivity contribution is 0.00567. The number of methoxy groups -OCH3 is 1. The normalized spacial score (nSPS) is 12.8. The van der Waals surface area contributed by atoms with E-state index in [-0.39, 0.29) is 0 Å². The van der Waals surface area contributed by atoms with Crippen molar-refractivity contribution in [2.75, 3.05) is 13.7 Å². The topological polar surface area (TPSA) is 69.4 Å². The van der Waals surface area contributed by atoms with Gasteiger partial charge < -0.3 is 10.5 Å². The smallest absolute Gasteiger partial charge is 0.341 e. The largest absolute Gasteiger partial charge is 0.495 e. The molecule has 0 saturated carbocycles. The van der Waals surface area contributed by atoms with E-state index in [1.165, 1.54) is 0 Å². The minimum absolute atomic E-state index is 0.578. The maximum Gasteiger partial charge on any atom is 0.341 e. The van der Waals surface area contributed by atoms with Crippen molar-refractivity contribution in [3.63, 3.8) is 0 Å². The second kappa shape index (κ2) is 5.33. The number of alkyl halides is 4. The average Bonchev–Trinajstić information content (AvgIpc) is 2.37. The fraction of sp³-hybridized carbons (Fsp3) is 0.400. The molecule has 1 aromatic carbocycles. The van der Waals surface area contributed by atoms with E-state index in [9.17, 15) is 26.0 Å². The standard InChI is InChI=1S/C10H11F4NO3S/c1-18-7-4-6(10(13,14)5-15)2-3-8(7)19(16,17)9(11)12/h2-4,9H,5,15H2,1H3. The van der Waals surface area contributed by atoms with Crippen LogP contribution in [0.1, 0.15) is 5.56 Å². The van der Waals surface area contributed by atoms with Gasteiger partial charge in [0.15, 0.2) is 0 Å². The minimum atomic E-state index is -4.92. The molecule has 0 aliphatic heterocycles. The van der Waals surface area contributed by atoms with Crippen molar-refractivity contribution in [2.24, 2.45) is 5.73 Å². The minimum Gasteiger partial charge on any atom is -0.495 e. The van der Waals surface area contributed by atoms with Crippen molar-refractivity contribution in [3.8, 4) is 5.75 Å². The van der Waals surface area contributed by atoms with E-state index in [0.29, 0.717) is 12.1 Å². The van der Waals surface area contributed by atoms with E-state index in [2.05, 4.69) is 4.74 Å². The molecule has 1 rings (SSSR count). The second-order valence-corrected chi connectivity index (χ2v) is 5.47. The van der Waals surface area contributed by atoms with Crippen LogP contribution in [0.3, 0.4) is 0 Å². The fourth-order valence-corrected chi connectivity index (χ4v) is 2.22. The van der Waals surface area contributed by atoms with E-state index in [4.69, 9.17) is 5.73 Å². The molecule has 9 heteroatoms. The molecular weight excluding hydrogens is 290 g/mol. The van der Waals surface area contributed by atoms with Crippen molar-refractivity contribution in [2.45, 2.75) is 16.6 Å². The van der Waals surface area contributed by atoms with Crippen LogP contribution in [-0.2, 0) is 15.8 Å². The zero-order valence-electron chi connectivity index (χ0n) is 9.74. The molecule has 0 bridgehead atoms. The summed E-state index contributed by atoms with van der Waals surface area (Å²) >= 11 is 0. The monoisotopic (exact) mass is 301 g/mol. The van der Waals surface area contributed by atoms with Gasteiger partial charge in [-0.3, -0.25) is 0 Å². The number of sulfone groups is 1. The van der Waals surface area contributed by atoms with Crippen molar-refractivity contribution in [1.29, 1.82) is 0 Å². The Labute approximate surface area is 107 Å². The summed E-state index contributed by atoms with van der Waals surface area (Å²) in [5, 5.41) is 0. The van der Waals surface area contributed by atoms with Crippen LogP contribution in [0, 0.1) is 0 Å². The molecule has 0 atom stereocenters. The van der Waals surface area contributed by atoms with Gasteiger partial charge in [0.1, 0.15) is 10.6 Å². The lowest BCUT2D eigenvalue weighted by atomic mass is 10.1. The third kappa shape index (κ3) is 2.98. The molecule has 0 radical (unpaired) electrons. The quantitative estimate of drug-likeness (QED) is 0.841. The Balaban J connectivity index is 3.41. The number of nitrogens with two attached hydrogens (primary N) is 1. The van der Waals surface area contributed by atoms with Gasteiger partial charge in [-0.15, -0.1) is 0 Å². The predicted molar refractivity (Wildman–Crippen MR) is 59.1 cm³/mol. The summed E-state index contributed by atoms with van der Waals surface area (Å²) in [4.78, 5) is -0.846. The van der Waals surface area contributed by atoms with Gasteiger partial charge in [-0.25, -0.2) is 8.42 Å². The Morgan fingerprint density at radius 3 is 2.37 bits per heavy atom. The van der Waals surface area contributed by atoms with E-state index >= 15 is 0 Å². The van der Waals surface area contributed by atoms with Crippen molar-refractivity contribution in [3.05, 3.63) is 23.8 Å². The molecule has 0 unspecified atom stereocenters. The first-order chi connectivity index (χ1) is 8.66. The molecule has 0 aliphatic carbocycles. The van der Waals surface area contributed by atoms with Crippen LogP contribution in [0.25, 0.3) is 0 Å². The number of hydrogen-bond acceptors (Lipinski definition) is 4. The van der Waals surface area contributed by atoms with Crippen LogP contribution >= 0.6 is 0 Å². The molecule has 0 aromatic heterocycles. The van der Waals surface area contributed by atoms with Crippen molar-refractivity contribution < 1.29 is 30.7 Å². The SMILES string of the molecule is COc1cc(C(F)(F)CN)ccc1S(=O)(=O)C(F)F. The predicted octanol–water partition coefficient (Wildman–Crippen LogP) is 1.74. The Hall–Kier alpha value is -1.35. The first kappa shape index (κ1) is 15.7. The molecule has 0 aliphatic rings. The molecule has 19 heavy (non-hydrogen) atoms. The van der Waals surface area contributed by atoms with Gasteiger partial charge in [-0.2, -0.15) is 17.6 Å². The number of benzene rings is 1. The number of ether oxygens (including phenoxy) is 1. The summed E-state index contributed by atoms with van der Waals surface area (Å²) in [7, 11) is -3.93. The second-order valence-electron chi connectivity index (χ2n) is 3.58. The van der Waals surface area contributed by atoms with Gasteiger partial charge in [0, 0.05) is 5.56 Å². The van der Waals surface area contributed by atoms with E-state index in [1.807, 2.05) is 0 Å². The van der Waals surface area contributed by atoms with Gasteiger partial charge >= 0.3 is 5.76 Å². The van der Waals surface area contributed by atoms with Gasteiger partial charge in [0.2, 0.25) is 9.84 Å². The molecule has 1 aromatic rings. The Morgan fingerprint density at radius 1 is 1.37 bits per heavy atom. The first-order valence-electron chi connectivity index (χ1n) is 4.95. The Kier molecular flexibility index (Phi) is 4.41. The van der Waals surface area contributed by atoms with E-state index in [1.54, 1.807) is 0 Å². The van der Waals surface area contributed by atoms with Gasteiger partial charge in [0.25, 0.3) is 5.92 Å². The third-order valence-electron chi connectivity index (χ3n) is 2.38. The maximum atomic E-state index is 13.3. The highest BCUT2D eigenvalue weighted by Gasteiger charge is 2.34. The summed E-state index contributed by atoms with van der Waals surface area (Å²) in [5.74, 6) is -7.64. The van der Waals surface area contributed by atoms with E-state index in [0.717, 1.165) is 13.2 Å². The number of hydrogen-bond donors (Lipinski definition) is 1. The fourth-order valence-electron chi connectivity index (χ4n) is 1.34.